The van der Waals surface area contributed by atoms with Crippen molar-refractivity contribution in [3.05, 3.63) is 41.5 Å². The molecular formula is C13H15N. The third kappa shape index (κ3) is 1.92. The van der Waals surface area contributed by atoms with Gasteiger partial charge in [0.15, 0.2) is 0 Å². The predicted molar refractivity (Wildman–Crippen MR) is 60.8 cm³/mol. The van der Waals surface area contributed by atoms with E-state index >= 15 is 0 Å². The van der Waals surface area contributed by atoms with Crippen molar-refractivity contribution in [3.8, 4) is 0 Å². The molecule has 0 amide bonds. The third-order valence-corrected chi connectivity index (χ3v) is 2.72. The van der Waals surface area contributed by atoms with Crippen LogP contribution in [0, 0.1) is 5.41 Å². The van der Waals surface area contributed by atoms with E-state index < -0.39 is 0 Å². The molecule has 1 N–H and O–H groups in total. The molecule has 1 aliphatic carbocycles. The molecule has 1 nitrogen and oxygen atoms in total. The number of benzene rings is 1. The van der Waals surface area contributed by atoms with E-state index in [2.05, 4.69) is 18.2 Å². The van der Waals surface area contributed by atoms with Gasteiger partial charge < -0.3 is 5.41 Å². The van der Waals surface area contributed by atoms with Gasteiger partial charge in [0.1, 0.15) is 0 Å². The number of nitrogens with one attached hydrogen (secondary N) is 1. The summed E-state index contributed by atoms with van der Waals surface area (Å²) in [6.45, 7) is 0. The SMILES string of the molecule is N=Cc1cccc(C2=CCCCC2)c1. The van der Waals surface area contributed by atoms with E-state index in [1.165, 1.54) is 43.0 Å². The molecule has 0 fully saturated rings. The molecule has 0 atom stereocenters. The maximum atomic E-state index is 7.21. The highest BCUT2D eigenvalue weighted by Crippen LogP contribution is 2.26. The second-order valence-electron chi connectivity index (χ2n) is 3.74. The highest BCUT2D eigenvalue weighted by atomic mass is 14.3. The Bertz CT molecular complexity index is 363. The summed E-state index contributed by atoms with van der Waals surface area (Å²) in [5, 5.41) is 7.21. The number of allylic oxidation sites excluding steroid dienone is 2. The molecule has 0 saturated carbocycles. The maximum Gasteiger partial charge on any atom is 0.0250 e. The van der Waals surface area contributed by atoms with E-state index in [4.69, 9.17) is 5.41 Å². The fourth-order valence-corrected chi connectivity index (χ4v) is 1.93. The van der Waals surface area contributed by atoms with Gasteiger partial charge in [-0.05, 0) is 48.4 Å². The molecule has 1 aromatic rings. The van der Waals surface area contributed by atoms with Crippen LogP contribution in [-0.4, -0.2) is 6.21 Å². The monoisotopic (exact) mass is 185 g/mol. The van der Waals surface area contributed by atoms with Crippen LogP contribution >= 0.6 is 0 Å². The average molecular weight is 185 g/mol. The van der Waals surface area contributed by atoms with Crippen LogP contribution in [0.25, 0.3) is 5.57 Å². The first-order chi connectivity index (χ1) is 6.90. The van der Waals surface area contributed by atoms with Gasteiger partial charge in [0.2, 0.25) is 0 Å². The summed E-state index contributed by atoms with van der Waals surface area (Å²) < 4.78 is 0. The Hall–Kier alpha value is -1.37. The first-order valence-corrected chi connectivity index (χ1v) is 5.20. The molecule has 14 heavy (non-hydrogen) atoms. The lowest BCUT2D eigenvalue weighted by molar-refractivity contribution is 0.742. The lowest BCUT2D eigenvalue weighted by Gasteiger charge is -2.12. The van der Waals surface area contributed by atoms with Crippen molar-refractivity contribution < 1.29 is 0 Å². The Morgan fingerprint density at radius 1 is 1.21 bits per heavy atom. The first kappa shape index (κ1) is 9.20. The van der Waals surface area contributed by atoms with Crippen LogP contribution in [0.3, 0.4) is 0 Å². The van der Waals surface area contributed by atoms with Crippen LogP contribution in [0.4, 0.5) is 0 Å². The minimum absolute atomic E-state index is 0.994. The van der Waals surface area contributed by atoms with E-state index in [0.717, 1.165) is 5.56 Å². The topological polar surface area (TPSA) is 23.9 Å². The standard InChI is InChI=1S/C13H15N/c14-10-11-5-4-8-13(9-11)12-6-2-1-3-7-12/h4-6,8-10,14H,1-3,7H2. The smallest absolute Gasteiger partial charge is 0.0250 e. The third-order valence-electron chi connectivity index (χ3n) is 2.72. The average Bonchev–Trinajstić information content (AvgIpc) is 2.30. The first-order valence-electron chi connectivity index (χ1n) is 5.20. The summed E-state index contributed by atoms with van der Waals surface area (Å²) >= 11 is 0. The molecule has 0 radical (unpaired) electrons. The molecule has 0 saturated heterocycles. The summed E-state index contributed by atoms with van der Waals surface area (Å²) in [5.41, 5.74) is 3.75. The van der Waals surface area contributed by atoms with E-state index in [9.17, 15) is 0 Å². The zero-order valence-electron chi connectivity index (χ0n) is 8.29. The normalized spacial score (nSPS) is 16.1. The zero-order chi connectivity index (χ0) is 9.80. The van der Waals surface area contributed by atoms with Gasteiger partial charge in [-0.15, -0.1) is 0 Å². The van der Waals surface area contributed by atoms with Gasteiger partial charge in [0.05, 0.1) is 0 Å². The second-order valence-corrected chi connectivity index (χ2v) is 3.74. The lowest BCUT2D eigenvalue weighted by Crippen LogP contribution is -1.92. The quantitative estimate of drug-likeness (QED) is 0.680. The zero-order valence-corrected chi connectivity index (χ0v) is 8.29. The van der Waals surface area contributed by atoms with Crippen molar-refractivity contribution in [1.82, 2.24) is 0 Å². The highest BCUT2D eigenvalue weighted by molar-refractivity contribution is 5.79. The Morgan fingerprint density at radius 3 is 2.86 bits per heavy atom. The van der Waals surface area contributed by atoms with Gasteiger partial charge in [-0.25, -0.2) is 0 Å². The van der Waals surface area contributed by atoms with Crippen molar-refractivity contribution in [1.29, 1.82) is 5.41 Å². The van der Waals surface area contributed by atoms with Gasteiger partial charge in [0, 0.05) is 6.21 Å². The van der Waals surface area contributed by atoms with E-state index in [-0.39, 0.29) is 0 Å². The molecule has 0 unspecified atom stereocenters. The van der Waals surface area contributed by atoms with E-state index in [1.807, 2.05) is 12.1 Å². The van der Waals surface area contributed by atoms with Crippen molar-refractivity contribution in [2.45, 2.75) is 25.7 Å². The molecular weight excluding hydrogens is 170 g/mol. The Morgan fingerprint density at radius 2 is 2.14 bits per heavy atom. The Labute approximate surface area is 85.0 Å². The van der Waals surface area contributed by atoms with Crippen LogP contribution in [0.1, 0.15) is 36.8 Å². The van der Waals surface area contributed by atoms with E-state index in [0.29, 0.717) is 0 Å². The van der Waals surface area contributed by atoms with Gasteiger partial charge in [-0.1, -0.05) is 24.3 Å². The minimum Gasteiger partial charge on any atom is -0.308 e. The number of hydrogen-bond donors (Lipinski definition) is 1. The van der Waals surface area contributed by atoms with Gasteiger partial charge in [0.25, 0.3) is 0 Å². The Balaban J connectivity index is 2.30. The van der Waals surface area contributed by atoms with Crippen molar-refractivity contribution in [2.24, 2.45) is 0 Å². The summed E-state index contributed by atoms with van der Waals surface area (Å²) in [5.74, 6) is 0. The van der Waals surface area contributed by atoms with Gasteiger partial charge >= 0.3 is 0 Å². The highest BCUT2D eigenvalue weighted by Gasteiger charge is 2.05. The van der Waals surface area contributed by atoms with Crippen LogP contribution in [-0.2, 0) is 0 Å². The van der Waals surface area contributed by atoms with E-state index in [1.54, 1.807) is 0 Å². The molecule has 2 rings (SSSR count). The molecule has 72 valence electrons. The number of rotatable bonds is 2. The van der Waals surface area contributed by atoms with Gasteiger partial charge in [-0.2, -0.15) is 0 Å². The van der Waals surface area contributed by atoms with Crippen LogP contribution in [0.2, 0.25) is 0 Å². The number of hydrogen-bond acceptors (Lipinski definition) is 1. The fraction of sp³-hybridized carbons (Fsp3) is 0.308. The predicted octanol–water partition coefficient (Wildman–Crippen LogP) is 3.64. The van der Waals surface area contributed by atoms with Crippen LogP contribution in [0.5, 0.6) is 0 Å². The molecule has 0 bridgehead atoms. The molecule has 1 aromatic carbocycles. The fourth-order valence-electron chi connectivity index (χ4n) is 1.93. The molecule has 0 spiro atoms. The summed E-state index contributed by atoms with van der Waals surface area (Å²) in [6.07, 6.45) is 8.79. The molecule has 1 aliphatic rings. The van der Waals surface area contributed by atoms with Crippen LogP contribution in [0.15, 0.2) is 30.3 Å². The van der Waals surface area contributed by atoms with Crippen molar-refractivity contribution in [2.75, 3.05) is 0 Å². The second kappa shape index (κ2) is 4.23. The largest absolute Gasteiger partial charge is 0.308 e. The van der Waals surface area contributed by atoms with Crippen LogP contribution < -0.4 is 0 Å². The molecule has 0 aromatic heterocycles. The summed E-state index contributed by atoms with van der Waals surface area (Å²) in [7, 11) is 0. The minimum atomic E-state index is 0.994. The molecule has 1 heteroatoms. The van der Waals surface area contributed by atoms with Crippen molar-refractivity contribution >= 4 is 11.8 Å². The summed E-state index contributed by atoms with van der Waals surface area (Å²) in [6, 6.07) is 8.25. The molecule has 0 heterocycles. The van der Waals surface area contributed by atoms with Crippen molar-refractivity contribution in [3.63, 3.8) is 0 Å². The lowest BCUT2D eigenvalue weighted by atomic mass is 9.93. The van der Waals surface area contributed by atoms with Gasteiger partial charge in [-0.3, -0.25) is 0 Å². The molecule has 0 aliphatic heterocycles. The summed E-state index contributed by atoms with van der Waals surface area (Å²) in [4.78, 5) is 0. The maximum absolute atomic E-state index is 7.21. The Kier molecular flexibility index (Phi) is 2.78.